The highest BCUT2D eigenvalue weighted by Gasteiger charge is 2.28. The molecule has 2 nitrogen and oxygen atoms in total. The Kier molecular flexibility index (Phi) is 4.39. The fourth-order valence-electron chi connectivity index (χ4n) is 1.99. The summed E-state index contributed by atoms with van der Waals surface area (Å²) in [4.78, 5) is 13.6. The molecule has 0 bridgehead atoms. The van der Waals surface area contributed by atoms with Gasteiger partial charge in [0.15, 0.2) is 0 Å². The van der Waals surface area contributed by atoms with Gasteiger partial charge in [0.2, 0.25) is 5.91 Å². The van der Waals surface area contributed by atoms with Crippen molar-refractivity contribution in [1.29, 1.82) is 0 Å². The van der Waals surface area contributed by atoms with Crippen LogP contribution in [-0.4, -0.2) is 23.1 Å². The number of halogens is 2. The molecule has 5 heteroatoms. The predicted molar refractivity (Wildman–Crippen MR) is 76.5 cm³/mol. The second-order valence-corrected chi connectivity index (χ2v) is 5.90. The van der Waals surface area contributed by atoms with Crippen LogP contribution in [-0.2, 0) is 11.3 Å². The molecule has 1 aromatic carbocycles. The molecule has 1 aliphatic heterocycles. The van der Waals surface area contributed by atoms with Crippen LogP contribution < -0.4 is 0 Å². The van der Waals surface area contributed by atoms with Crippen LogP contribution in [0.2, 0.25) is 5.02 Å². The molecule has 0 spiro atoms. The van der Waals surface area contributed by atoms with E-state index in [1.165, 1.54) is 0 Å². The first-order valence-electron chi connectivity index (χ1n) is 5.42. The summed E-state index contributed by atoms with van der Waals surface area (Å²) in [6.45, 7) is 1.44. The lowest BCUT2D eigenvalue weighted by Gasteiger charge is -2.16. The molecule has 1 saturated heterocycles. The van der Waals surface area contributed by atoms with Crippen molar-refractivity contribution in [2.75, 3.05) is 12.3 Å². The van der Waals surface area contributed by atoms with E-state index in [4.69, 9.17) is 11.6 Å². The van der Waals surface area contributed by atoms with E-state index < -0.39 is 0 Å². The predicted octanol–water partition coefficient (Wildman–Crippen LogP) is 3.38. The maximum atomic E-state index is 11.7. The van der Waals surface area contributed by atoms with E-state index >= 15 is 0 Å². The molecule has 1 aromatic rings. The van der Waals surface area contributed by atoms with Crippen molar-refractivity contribution in [3.63, 3.8) is 0 Å². The van der Waals surface area contributed by atoms with Gasteiger partial charge in [-0.1, -0.05) is 17.7 Å². The lowest BCUT2D eigenvalue weighted by atomic mass is 10.1. The van der Waals surface area contributed by atoms with Crippen LogP contribution in [0.15, 0.2) is 22.7 Å². The summed E-state index contributed by atoms with van der Waals surface area (Å²) in [6.07, 6.45) is 0.619. The number of nitrogens with zero attached hydrogens (tertiary/aromatic N) is 1. The van der Waals surface area contributed by atoms with Crippen LogP contribution in [0.1, 0.15) is 12.0 Å². The third-order valence-electron chi connectivity index (χ3n) is 2.91. The van der Waals surface area contributed by atoms with Gasteiger partial charge in [-0.15, -0.1) is 0 Å². The van der Waals surface area contributed by atoms with E-state index in [2.05, 4.69) is 28.6 Å². The standard InChI is InChI=1S/C12H13BrClNOS/c13-10-2-1-8(3-11(10)14)5-15-6-9(7-17)4-12(15)16/h1-3,9,17H,4-7H2. The Labute approximate surface area is 120 Å². The Hall–Kier alpha value is -0.190. The summed E-state index contributed by atoms with van der Waals surface area (Å²) in [5.41, 5.74) is 1.06. The molecule has 1 unspecified atom stereocenters. The first-order valence-corrected chi connectivity index (χ1v) is 7.23. The second kappa shape index (κ2) is 5.63. The van der Waals surface area contributed by atoms with Crippen molar-refractivity contribution in [2.24, 2.45) is 5.92 Å². The summed E-state index contributed by atoms with van der Waals surface area (Å²) >= 11 is 13.6. The maximum absolute atomic E-state index is 11.7. The van der Waals surface area contributed by atoms with Crippen molar-refractivity contribution >= 4 is 46.1 Å². The zero-order valence-corrected chi connectivity index (χ0v) is 12.4. The van der Waals surface area contributed by atoms with Gasteiger partial charge in [0.05, 0.1) is 5.02 Å². The molecule has 92 valence electrons. The summed E-state index contributed by atoms with van der Waals surface area (Å²) in [6, 6.07) is 5.79. The number of thiol groups is 1. The van der Waals surface area contributed by atoms with Crippen LogP contribution >= 0.6 is 40.2 Å². The molecule has 1 aliphatic rings. The van der Waals surface area contributed by atoms with E-state index in [1.807, 2.05) is 23.1 Å². The van der Waals surface area contributed by atoms with E-state index in [0.29, 0.717) is 23.9 Å². The number of hydrogen-bond acceptors (Lipinski definition) is 2. The molecular weight excluding hydrogens is 322 g/mol. The summed E-state index contributed by atoms with van der Waals surface area (Å²) in [5, 5.41) is 0.680. The van der Waals surface area contributed by atoms with Crippen LogP contribution in [0.3, 0.4) is 0 Å². The minimum Gasteiger partial charge on any atom is -0.338 e. The van der Waals surface area contributed by atoms with Crippen molar-refractivity contribution < 1.29 is 4.79 Å². The average Bonchev–Trinajstić information content (AvgIpc) is 2.65. The van der Waals surface area contributed by atoms with Crippen LogP contribution in [0, 0.1) is 5.92 Å². The Bertz CT molecular complexity index is 441. The van der Waals surface area contributed by atoms with Gasteiger partial charge in [0.1, 0.15) is 0 Å². The fourth-order valence-corrected chi connectivity index (χ4v) is 2.68. The summed E-state index contributed by atoms with van der Waals surface area (Å²) in [7, 11) is 0. The monoisotopic (exact) mass is 333 g/mol. The van der Waals surface area contributed by atoms with Gasteiger partial charge in [-0.05, 0) is 45.3 Å². The SMILES string of the molecule is O=C1CC(CS)CN1Cc1ccc(Br)c(Cl)c1. The first-order chi connectivity index (χ1) is 8.10. The zero-order valence-electron chi connectivity index (χ0n) is 9.20. The lowest BCUT2D eigenvalue weighted by molar-refractivity contribution is -0.128. The number of carbonyl (C=O) groups is 1. The van der Waals surface area contributed by atoms with E-state index in [-0.39, 0.29) is 5.91 Å². The average molecular weight is 335 g/mol. The Morgan fingerprint density at radius 3 is 2.88 bits per heavy atom. The molecule has 2 rings (SSSR count). The van der Waals surface area contributed by atoms with E-state index in [9.17, 15) is 4.79 Å². The number of benzene rings is 1. The molecule has 1 atom stereocenters. The number of hydrogen-bond donors (Lipinski definition) is 1. The molecule has 0 saturated carbocycles. The molecule has 17 heavy (non-hydrogen) atoms. The highest BCUT2D eigenvalue weighted by atomic mass is 79.9. The lowest BCUT2D eigenvalue weighted by Crippen LogP contribution is -2.24. The zero-order chi connectivity index (χ0) is 12.4. The third kappa shape index (κ3) is 3.18. The van der Waals surface area contributed by atoms with Gasteiger partial charge in [-0.25, -0.2) is 0 Å². The van der Waals surface area contributed by atoms with E-state index in [1.54, 1.807) is 0 Å². The van der Waals surface area contributed by atoms with Gasteiger partial charge in [0.25, 0.3) is 0 Å². The molecular formula is C12H13BrClNOS. The number of carbonyl (C=O) groups excluding carboxylic acids is 1. The molecule has 0 aliphatic carbocycles. The highest BCUT2D eigenvalue weighted by molar-refractivity contribution is 9.10. The minimum absolute atomic E-state index is 0.211. The first kappa shape index (κ1) is 13.2. The van der Waals surface area contributed by atoms with Crippen LogP contribution in [0.5, 0.6) is 0 Å². The van der Waals surface area contributed by atoms with Crippen molar-refractivity contribution in [2.45, 2.75) is 13.0 Å². The van der Waals surface area contributed by atoms with Gasteiger partial charge in [-0.2, -0.15) is 12.6 Å². The summed E-state index contributed by atoms with van der Waals surface area (Å²) in [5.74, 6) is 1.36. The van der Waals surface area contributed by atoms with E-state index in [0.717, 1.165) is 22.3 Å². The third-order valence-corrected chi connectivity index (χ3v) is 4.66. The maximum Gasteiger partial charge on any atom is 0.223 e. The molecule has 0 radical (unpaired) electrons. The minimum atomic E-state index is 0.211. The van der Waals surface area contributed by atoms with Crippen LogP contribution in [0.4, 0.5) is 0 Å². The number of rotatable bonds is 3. The molecule has 0 aromatic heterocycles. The fraction of sp³-hybridized carbons (Fsp3) is 0.417. The largest absolute Gasteiger partial charge is 0.338 e. The Balaban J connectivity index is 2.06. The Morgan fingerprint density at radius 1 is 1.53 bits per heavy atom. The quantitative estimate of drug-likeness (QED) is 0.840. The normalized spacial score (nSPS) is 20.1. The highest BCUT2D eigenvalue weighted by Crippen LogP contribution is 2.26. The topological polar surface area (TPSA) is 20.3 Å². The van der Waals surface area contributed by atoms with Gasteiger partial charge in [-0.3, -0.25) is 4.79 Å². The molecule has 1 amide bonds. The van der Waals surface area contributed by atoms with Crippen LogP contribution in [0.25, 0.3) is 0 Å². The molecule has 1 fully saturated rings. The summed E-state index contributed by atoms with van der Waals surface area (Å²) < 4.78 is 0.879. The Morgan fingerprint density at radius 2 is 2.29 bits per heavy atom. The molecule has 0 N–H and O–H groups in total. The van der Waals surface area contributed by atoms with Crippen molar-refractivity contribution in [3.8, 4) is 0 Å². The second-order valence-electron chi connectivity index (χ2n) is 4.28. The molecule has 1 heterocycles. The number of likely N-dealkylation sites (tertiary alicyclic amines) is 1. The van der Waals surface area contributed by atoms with Crippen molar-refractivity contribution in [3.05, 3.63) is 33.3 Å². The smallest absolute Gasteiger partial charge is 0.223 e. The van der Waals surface area contributed by atoms with Gasteiger partial charge >= 0.3 is 0 Å². The number of amides is 1. The van der Waals surface area contributed by atoms with Crippen molar-refractivity contribution in [1.82, 2.24) is 4.90 Å². The van der Waals surface area contributed by atoms with Gasteiger partial charge in [0, 0.05) is 24.0 Å². The van der Waals surface area contributed by atoms with Gasteiger partial charge < -0.3 is 4.90 Å².